The Morgan fingerprint density at radius 3 is 2.74 bits per heavy atom. The molecule has 2 saturated heterocycles. The quantitative estimate of drug-likeness (QED) is 0.594. The largest absolute Gasteiger partial charge is 0.453 e. The summed E-state index contributed by atoms with van der Waals surface area (Å²) in [7, 11) is 0. The molecule has 0 radical (unpaired) electrons. The number of hydrogen-bond acceptors (Lipinski definition) is 5. The zero-order chi connectivity index (χ0) is 25.2. The molecule has 188 valence electrons. The van der Waals surface area contributed by atoms with Crippen LogP contribution in [0.3, 0.4) is 0 Å². The molecule has 1 unspecified atom stereocenters. The third-order valence-corrected chi connectivity index (χ3v) is 6.62. The van der Waals surface area contributed by atoms with Crippen LogP contribution in [0.5, 0.6) is 11.5 Å². The van der Waals surface area contributed by atoms with E-state index < -0.39 is 35.4 Å². The first-order valence-electron chi connectivity index (χ1n) is 11.4. The maximum atomic E-state index is 14.7. The summed E-state index contributed by atoms with van der Waals surface area (Å²) in [6.45, 7) is 1.98. The van der Waals surface area contributed by atoms with Crippen LogP contribution < -0.4 is 15.4 Å². The van der Waals surface area contributed by atoms with Gasteiger partial charge in [0, 0.05) is 44.5 Å². The molecule has 3 atom stereocenters. The molecule has 2 aromatic rings. The number of piperidine rings is 2. The number of pyridine rings is 1. The molecule has 1 aromatic carbocycles. The van der Waals surface area contributed by atoms with E-state index in [0.29, 0.717) is 12.5 Å². The molecule has 0 spiro atoms. The smallest absolute Gasteiger partial charge is 0.253 e. The van der Waals surface area contributed by atoms with E-state index in [1.54, 1.807) is 11.8 Å². The lowest BCUT2D eigenvalue weighted by Gasteiger charge is -2.44. The molecule has 0 saturated carbocycles. The topological polar surface area (TPSA) is 83.6 Å². The second-order valence-electron chi connectivity index (χ2n) is 8.94. The summed E-state index contributed by atoms with van der Waals surface area (Å²) in [5.74, 6) is -6.06. The summed E-state index contributed by atoms with van der Waals surface area (Å²) in [6, 6.07) is 5.15. The average molecular weight is 494 g/mol. The van der Waals surface area contributed by atoms with E-state index in [0.717, 1.165) is 12.1 Å². The van der Waals surface area contributed by atoms with Crippen LogP contribution in [0.2, 0.25) is 0 Å². The van der Waals surface area contributed by atoms with Gasteiger partial charge in [-0.3, -0.25) is 14.5 Å². The van der Waals surface area contributed by atoms with E-state index in [-0.39, 0.29) is 61.6 Å². The molecule has 11 heteroatoms. The van der Waals surface area contributed by atoms with Crippen LogP contribution in [0.15, 0.2) is 36.5 Å². The van der Waals surface area contributed by atoms with Gasteiger partial charge in [-0.25, -0.2) is 22.5 Å². The SMILES string of the molecule is C[C@@H](C(=O)Nc1ccc(Oc2ccc(F)cc2F)cn1)N1CCC(F)(F)[C@@H](C2CCC(=O)NC2)C1. The maximum Gasteiger partial charge on any atom is 0.253 e. The van der Waals surface area contributed by atoms with Crippen LogP contribution in [0.25, 0.3) is 0 Å². The van der Waals surface area contributed by atoms with Gasteiger partial charge in [-0.15, -0.1) is 0 Å². The minimum absolute atomic E-state index is 0.0472. The minimum Gasteiger partial charge on any atom is -0.453 e. The maximum absolute atomic E-state index is 14.7. The molecule has 2 aliphatic rings. The standard InChI is InChI=1S/C24H26F4N4O3/c1-14(32-9-8-24(27,28)18(13-32)15-2-7-22(33)30-11-15)23(34)31-21-6-4-17(12-29-21)35-20-5-3-16(25)10-19(20)26/h3-6,10,12,14-15,18H,2,7-9,11,13H2,1H3,(H,30,33)(H,29,31,34)/t14-,15?,18+/m0/s1. The van der Waals surface area contributed by atoms with Gasteiger partial charge in [0.25, 0.3) is 5.92 Å². The second-order valence-corrected chi connectivity index (χ2v) is 8.94. The number of aromatic nitrogens is 1. The van der Waals surface area contributed by atoms with Crippen LogP contribution in [0.1, 0.15) is 26.2 Å². The van der Waals surface area contributed by atoms with Gasteiger partial charge in [0.05, 0.1) is 12.2 Å². The van der Waals surface area contributed by atoms with E-state index in [2.05, 4.69) is 15.6 Å². The Morgan fingerprint density at radius 2 is 2.09 bits per heavy atom. The number of alkyl halides is 2. The molecule has 2 fully saturated rings. The van der Waals surface area contributed by atoms with Crippen molar-refractivity contribution in [2.75, 3.05) is 25.0 Å². The molecular weight excluding hydrogens is 468 g/mol. The third-order valence-electron chi connectivity index (χ3n) is 6.62. The average Bonchev–Trinajstić information content (AvgIpc) is 2.82. The van der Waals surface area contributed by atoms with Crippen LogP contribution in [-0.4, -0.2) is 53.3 Å². The number of halogens is 4. The van der Waals surface area contributed by atoms with Crippen molar-refractivity contribution >= 4 is 17.6 Å². The molecule has 1 aromatic heterocycles. The number of ether oxygens (including phenoxy) is 1. The van der Waals surface area contributed by atoms with E-state index in [1.807, 2.05) is 0 Å². The highest BCUT2D eigenvalue weighted by Crippen LogP contribution is 2.40. The number of nitrogens with one attached hydrogen (secondary N) is 2. The predicted molar refractivity (Wildman–Crippen MR) is 119 cm³/mol. The molecule has 35 heavy (non-hydrogen) atoms. The normalized spacial score (nSPS) is 23.3. The van der Waals surface area contributed by atoms with Crippen molar-refractivity contribution in [2.24, 2.45) is 11.8 Å². The van der Waals surface area contributed by atoms with E-state index in [9.17, 15) is 27.2 Å². The molecule has 0 bridgehead atoms. The second kappa shape index (κ2) is 10.2. The zero-order valence-corrected chi connectivity index (χ0v) is 19.1. The molecule has 3 heterocycles. The lowest BCUT2D eigenvalue weighted by molar-refractivity contribution is -0.145. The highest BCUT2D eigenvalue weighted by Gasteiger charge is 2.49. The number of benzene rings is 1. The Labute approximate surface area is 199 Å². The first-order chi connectivity index (χ1) is 16.6. The van der Waals surface area contributed by atoms with Crippen molar-refractivity contribution in [3.8, 4) is 11.5 Å². The molecule has 0 aliphatic carbocycles. The van der Waals surface area contributed by atoms with Gasteiger partial charge < -0.3 is 15.4 Å². The fourth-order valence-corrected chi connectivity index (χ4v) is 4.49. The zero-order valence-electron chi connectivity index (χ0n) is 19.1. The monoisotopic (exact) mass is 494 g/mol. The molecule has 2 amide bonds. The van der Waals surface area contributed by atoms with E-state index in [4.69, 9.17) is 4.74 Å². The van der Waals surface area contributed by atoms with Crippen molar-refractivity contribution in [3.05, 3.63) is 48.2 Å². The summed E-state index contributed by atoms with van der Waals surface area (Å²) in [5.41, 5.74) is 0. The van der Waals surface area contributed by atoms with Gasteiger partial charge in [-0.2, -0.15) is 0 Å². The van der Waals surface area contributed by atoms with Crippen molar-refractivity contribution in [1.82, 2.24) is 15.2 Å². The van der Waals surface area contributed by atoms with Gasteiger partial charge in [-0.05, 0) is 43.5 Å². The molecule has 7 nitrogen and oxygen atoms in total. The number of nitrogens with zero attached hydrogens (tertiary/aromatic N) is 2. The molecule has 2 aliphatic heterocycles. The van der Waals surface area contributed by atoms with Crippen molar-refractivity contribution in [2.45, 2.75) is 38.2 Å². The highest BCUT2D eigenvalue weighted by molar-refractivity contribution is 5.93. The summed E-state index contributed by atoms with van der Waals surface area (Å²) >= 11 is 0. The lowest BCUT2D eigenvalue weighted by atomic mass is 9.78. The van der Waals surface area contributed by atoms with Gasteiger partial charge in [0.2, 0.25) is 11.8 Å². The Morgan fingerprint density at radius 1 is 1.29 bits per heavy atom. The Balaban J connectivity index is 1.35. The first-order valence-corrected chi connectivity index (χ1v) is 11.4. The highest BCUT2D eigenvalue weighted by atomic mass is 19.3. The van der Waals surface area contributed by atoms with Gasteiger partial charge >= 0.3 is 0 Å². The number of amides is 2. The van der Waals surface area contributed by atoms with Gasteiger partial charge in [0.15, 0.2) is 11.6 Å². The van der Waals surface area contributed by atoms with Crippen LogP contribution in [-0.2, 0) is 9.59 Å². The lowest BCUT2D eigenvalue weighted by Crippen LogP contribution is -2.56. The van der Waals surface area contributed by atoms with Crippen LogP contribution in [0, 0.1) is 23.5 Å². The number of likely N-dealkylation sites (tertiary alicyclic amines) is 1. The Bertz CT molecular complexity index is 1070. The minimum atomic E-state index is -2.86. The number of anilines is 1. The number of rotatable bonds is 6. The first kappa shape index (κ1) is 24.9. The van der Waals surface area contributed by atoms with Gasteiger partial charge in [0.1, 0.15) is 17.4 Å². The van der Waals surface area contributed by atoms with Crippen molar-refractivity contribution in [1.29, 1.82) is 0 Å². The number of hydrogen-bond donors (Lipinski definition) is 2. The van der Waals surface area contributed by atoms with Crippen molar-refractivity contribution in [3.63, 3.8) is 0 Å². The Hall–Kier alpha value is -3.21. The van der Waals surface area contributed by atoms with E-state index in [1.165, 1.54) is 18.3 Å². The van der Waals surface area contributed by atoms with Crippen molar-refractivity contribution < 1.29 is 31.9 Å². The summed E-state index contributed by atoms with van der Waals surface area (Å²) in [5, 5.41) is 5.32. The van der Waals surface area contributed by atoms with Crippen LogP contribution in [0.4, 0.5) is 23.4 Å². The number of carbonyl (C=O) groups is 2. The van der Waals surface area contributed by atoms with Gasteiger partial charge in [-0.1, -0.05) is 0 Å². The fraction of sp³-hybridized carbons (Fsp3) is 0.458. The summed E-state index contributed by atoms with van der Waals surface area (Å²) < 4.78 is 61.5. The molecule has 2 N–H and O–H groups in total. The third kappa shape index (κ3) is 5.90. The Kier molecular flexibility index (Phi) is 7.25. The fourth-order valence-electron chi connectivity index (χ4n) is 4.49. The summed E-state index contributed by atoms with van der Waals surface area (Å²) in [6.07, 6.45) is 1.55. The molecule has 4 rings (SSSR count). The van der Waals surface area contributed by atoms with E-state index >= 15 is 0 Å². The predicted octanol–water partition coefficient (Wildman–Crippen LogP) is 3.96. The van der Waals surface area contributed by atoms with Crippen LogP contribution >= 0.6 is 0 Å². The number of carbonyl (C=O) groups excluding carboxylic acids is 2. The molecular formula is C24H26F4N4O3. The summed E-state index contributed by atoms with van der Waals surface area (Å²) in [4.78, 5) is 30.0.